The van der Waals surface area contributed by atoms with E-state index in [1.807, 2.05) is 36.6 Å². The zero-order chi connectivity index (χ0) is 12.4. The van der Waals surface area contributed by atoms with Crippen LogP contribution in [0, 0.1) is 16.1 Å². The standard InChI is InChI=1S/C12H12N4S/c1-8(2)16-11(14-15-12(16)17)10-5-3-4-9(6-10)7-13/h3-6,8H,1-2H3,(H,15,17). The molecule has 1 heterocycles. The number of hydrogen-bond donors (Lipinski definition) is 1. The minimum Gasteiger partial charge on any atom is -0.298 e. The third kappa shape index (κ3) is 2.12. The molecule has 0 unspecified atom stereocenters. The summed E-state index contributed by atoms with van der Waals surface area (Å²) in [6.07, 6.45) is 0. The highest BCUT2D eigenvalue weighted by Gasteiger charge is 2.11. The van der Waals surface area contributed by atoms with Gasteiger partial charge in [-0.25, -0.2) is 0 Å². The maximum atomic E-state index is 8.89. The largest absolute Gasteiger partial charge is 0.298 e. The Kier molecular flexibility index (Phi) is 3.07. The van der Waals surface area contributed by atoms with Gasteiger partial charge in [-0.15, -0.1) is 0 Å². The third-order valence-corrected chi connectivity index (χ3v) is 2.76. The fourth-order valence-corrected chi connectivity index (χ4v) is 2.06. The number of hydrogen-bond acceptors (Lipinski definition) is 3. The Morgan fingerprint density at radius 3 is 2.88 bits per heavy atom. The van der Waals surface area contributed by atoms with Crippen molar-refractivity contribution in [2.24, 2.45) is 0 Å². The second kappa shape index (κ2) is 4.52. The first-order valence-electron chi connectivity index (χ1n) is 5.31. The number of H-pyrrole nitrogens is 1. The minimum absolute atomic E-state index is 0.224. The van der Waals surface area contributed by atoms with Gasteiger partial charge in [-0.05, 0) is 38.2 Å². The predicted molar refractivity (Wildman–Crippen MR) is 67.9 cm³/mol. The molecule has 1 aromatic carbocycles. The van der Waals surface area contributed by atoms with Crippen LogP contribution >= 0.6 is 12.2 Å². The summed E-state index contributed by atoms with van der Waals surface area (Å²) in [6, 6.07) is 9.69. The molecule has 0 radical (unpaired) electrons. The second-order valence-corrected chi connectivity index (χ2v) is 4.40. The van der Waals surface area contributed by atoms with Gasteiger partial charge in [0.15, 0.2) is 10.6 Å². The van der Waals surface area contributed by atoms with Gasteiger partial charge in [-0.2, -0.15) is 10.4 Å². The van der Waals surface area contributed by atoms with E-state index >= 15 is 0 Å². The molecule has 17 heavy (non-hydrogen) atoms. The van der Waals surface area contributed by atoms with Gasteiger partial charge < -0.3 is 0 Å². The molecule has 4 nitrogen and oxygen atoms in total. The van der Waals surface area contributed by atoms with E-state index < -0.39 is 0 Å². The van der Waals surface area contributed by atoms with Crippen LogP contribution in [0.1, 0.15) is 25.5 Å². The van der Waals surface area contributed by atoms with Crippen molar-refractivity contribution in [1.82, 2.24) is 14.8 Å². The summed E-state index contributed by atoms with van der Waals surface area (Å²) in [5.41, 5.74) is 1.51. The van der Waals surface area contributed by atoms with E-state index in [1.54, 1.807) is 6.07 Å². The molecule has 0 saturated heterocycles. The van der Waals surface area contributed by atoms with Crippen LogP contribution in [0.4, 0.5) is 0 Å². The molecule has 0 aliphatic heterocycles. The normalized spacial score (nSPS) is 10.5. The summed E-state index contributed by atoms with van der Waals surface area (Å²) in [4.78, 5) is 0. The van der Waals surface area contributed by atoms with Crippen LogP contribution in [0.5, 0.6) is 0 Å². The van der Waals surface area contributed by atoms with Gasteiger partial charge in [0, 0.05) is 11.6 Å². The van der Waals surface area contributed by atoms with Gasteiger partial charge in [0.1, 0.15) is 0 Å². The molecule has 0 spiro atoms. The summed E-state index contributed by atoms with van der Waals surface area (Å²) in [5.74, 6) is 0.766. The monoisotopic (exact) mass is 244 g/mol. The molecule has 2 rings (SSSR count). The van der Waals surface area contributed by atoms with E-state index in [9.17, 15) is 0 Å². The van der Waals surface area contributed by atoms with Crippen LogP contribution in [0.3, 0.4) is 0 Å². The zero-order valence-corrected chi connectivity index (χ0v) is 10.5. The molecule has 0 saturated carbocycles. The number of nitrogens with one attached hydrogen (secondary N) is 1. The number of nitriles is 1. The first-order chi connectivity index (χ1) is 8.13. The molecular formula is C12H12N4S. The van der Waals surface area contributed by atoms with Gasteiger partial charge in [0.05, 0.1) is 11.6 Å². The van der Waals surface area contributed by atoms with Crippen molar-refractivity contribution in [3.05, 3.63) is 34.6 Å². The Balaban J connectivity index is 2.61. The lowest BCUT2D eigenvalue weighted by molar-refractivity contribution is 0.597. The SMILES string of the molecule is CC(C)n1c(-c2cccc(C#N)c2)n[nH]c1=S. The minimum atomic E-state index is 0.224. The molecule has 0 aliphatic rings. The smallest absolute Gasteiger partial charge is 0.195 e. The van der Waals surface area contributed by atoms with Crippen molar-refractivity contribution in [2.75, 3.05) is 0 Å². The van der Waals surface area contributed by atoms with Crippen molar-refractivity contribution in [3.8, 4) is 17.5 Å². The molecule has 0 bridgehead atoms. The van der Waals surface area contributed by atoms with E-state index in [1.165, 1.54) is 0 Å². The number of aromatic amines is 1. The summed E-state index contributed by atoms with van der Waals surface area (Å²) >= 11 is 5.19. The van der Waals surface area contributed by atoms with E-state index in [-0.39, 0.29) is 6.04 Å². The Labute approximate surface area is 105 Å². The van der Waals surface area contributed by atoms with Crippen LogP contribution in [-0.2, 0) is 0 Å². The van der Waals surface area contributed by atoms with Crippen molar-refractivity contribution >= 4 is 12.2 Å². The number of aromatic nitrogens is 3. The van der Waals surface area contributed by atoms with E-state index in [0.29, 0.717) is 10.3 Å². The van der Waals surface area contributed by atoms with E-state index in [4.69, 9.17) is 17.5 Å². The Morgan fingerprint density at radius 2 is 2.24 bits per heavy atom. The molecule has 2 aromatic rings. The zero-order valence-electron chi connectivity index (χ0n) is 9.64. The summed E-state index contributed by atoms with van der Waals surface area (Å²) in [7, 11) is 0. The first-order valence-corrected chi connectivity index (χ1v) is 5.71. The Bertz CT molecular complexity index is 630. The quantitative estimate of drug-likeness (QED) is 0.826. The first kappa shape index (κ1) is 11.6. The Hall–Kier alpha value is -1.93. The molecule has 0 fully saturated rings. The molecule has 0 atom stereocenters. The average molecular weight is 244 g/mol. The summed E-state index contributed by atoms with van der Waals surface area (Å²) in [5, 5.41) is 15.9. The lowest BCUT2D eigenvalue weighted by Crippen LogP contribution is -2.03. The van der Waals surface area contributed by atoms with Crippen molar-refractivity contribution in [1.29, 1.82) is 5.26 Å². The Morgan fingerprint density at radius 1 is 1.47 bits per heavy atom. The molecule has 1 aromatic heterocycles. The molecule has 0 aliphatic carbocycles. The van der Waals surface area contributed by atoms with Crippen molar-refractivity contribution < 1.29 is 0 Å². The van der Waals surface area contributed by atoms with Crippen LogP contribution in [0.2, 0.25) is 0 Å². The maximum Gasteiger partial charge on any atom is 0.195 e. The predicted octanol–water partition coefficient (Wildman–Crippen LogP) is 3.06. The van der Waals surface area contributed by atoms with Gasteiger partial charge in [-0.3, -0.25) is 9.67 Å². The number of rotatable bonds is 2. The van der Waals surface area contributed by atoms with Gasteiger partial charge in [-0.1, -0.05) is 12.1 Å². The van der Waals surface area contributed by atoms with Crippen molar-refractivity contribution in [2.45, 2.75) is 19.9 Å². The summed E-state index contributed by atoms with van der Waals surface area (Å²) < 4.78 is 2.53. The van der Waals surface area contributed by atoms with Crippen LogP contribution in [0.15, 0.2) is 24.3 Å². The highest BCUT2D eigenvalue weighted by molar-refractivity contribution is 7.71. The topological polar surface area (TPSA) is 57.4 Å². The molecular weight excluding hydrogens is 232 g/mol. The fourth-order valence-electron chi connectivity index (χ4n) is 1.72. The fraction of sp³-hybridized carbons (Fsp3) is 0.250. The number of nitrogens with zero attached hydrogens (tertiary/aromatic N) is 3. The molecule has 5 heteroatoms. The van der Waals surface area contributed by atoms with Crippen molar-refractivity contribution in [3.63, 3.8) is 0 Å². The van der Waals surface area contributed by atoms with Crippen LogP contribution in [0.25, 0.3) is 11.4 Å². The van der Waals surface area contributed by atoms with Gasteiger partial charge in [0.25, 0.3) is 0 Å². The molecule has 0 amide bonds. The molecule has 86 valence electrons. The molecule has 1 N–H and O–H groups in total. The average Bonchev–Trinajstić information content (AvgIpc) is 2.71. The van der Waals surface area contributed by atoms with E-state index in [2.05, 4.69) is 16.3 Å². The second-order valence-electron chi connectivity index (χ2n) is 4.01. The highest BCUT2D eigenvalue weighted by Crippen LogP contribution is 2.21. The van der Waals surface area contributed by atoms with Crippen LogP contribution < -0.4 is 0 Å². The highest BCUT2D eigenvalue weighted by atomic mass is 32.1. The van der Waals surface area contributed by atoms with Gasteiger partial charge >= 0.3 is 0 Å². The van der Waals surface area contributed by atoms with Crippen LogP contribution in [-0.4, -0.2) is 14.8 Å². The lowest BCUT2D eigenvalue weighted by atomic mass is 10.1. The lowest BCUT2D eigenvalue weighted by Gasteiger charge is -2.10. The third-order valence-electron chi connectivity index (χ3n) is 2.47. The van der Waals surface area contributed by atoms with Gasteiger partial charge in [0.2, 0.25) is 0 Å². The van der Waals surface area contributed by atoms with E-state index in [0.717, 1.165) is 11.4 Å². The maximum absolute atomic E-state index is 8.89. The number of benzene rings is 1. The summed E-state index contributed by atoms with van der Waals surface area (Å²) in [6.45, 7) is 4.09.